The van der Waals surface area contributed by atoms with Gasteiger partial charge in [0.15, 0.2) is 0 Å². The van der Waals surface area contributed by atoms with Crippen molar-refractivity contribution >= 4 is 5.91 Å². The molecular weight excluding hydrogens is 150 g/mol. The van der Waals surface area contributed by atoms with Crippen molar-refractivity contribution in [3.8, 4) is 0 Å². The molecule has 0 spiro atoms. The third kappa shape index (κ3) is 5.16. The molecule has 0 unspecified atom stereocenters. The van der Waals surface area contributed by atoms with E-state index >= 15 is 0 Å². The number of carbonyl (C=O) groups is 1. The predicted octanol–water partition coefficient (Wildman–Crippen LogP) is 2.44. The second kappa shape index (κ2) is 7.14. The van der Waals surface area contributed by atoms with E-state index in [1.54, 1.807) is 4.90 Å². The van der Waals surface area contributed by atoms with Gasteiger partial charge < -0.3 is 4.90 Å². The lowest BCUT2D eigenvalue weighted by Crippen LogP contribution is -2.25. The summed E-state index contributed by atoms with van der Waals surface area (Å²) in [5.41, 5.74) is 0. The maximum Gasteiger partial charge on any atom is 0.222 e. The van der Waals surface area contributed by atoms with Crippen molar-refractivity contribution in [3.05, 3.63) is 0 Å². The fraction of sp³-hybridized carbons (Fsp3) is 0.900. The van der Waals surface area contributed by atoms with Crippen molar-refractivity contribution < 1.29 is 4.79 Å². The summed E-state index contributed by atoms with van der Waals surface area (Å²) in [6.07, 6.45) is 5.46. The highest BCUT2D eigenvalue weighted by atomic mass is 16.2. The van der Waals surface area contributed by atoms with Gasteiger partial charge in [0.25, 0.3) is 0 Å². The van der Waals surface area contributed by atoms with Crippen LogP contribution in [0.1, 0.15) is 46.0 Å². The maximum atomic E-state index is 11.3. The first-order chi connectivity index (χ1) is 5.72. The molecule has 1 amide bonds. The topological polar surface area (TPSA) is 20.3 Å². The van der Waals surface area contributed by atoms with Gasteiger partial charge in [0.05, 0.1) is 0 Å². The van der Waals surface area contributed by atoms with E-state index in [0.29, 0.717) is 0 Å². The Bertz CT molecular complexity index is 123. The Labute approximate surface area is 75.9 Å². The van der Waals surface area contributed by atoms with Gasteiger partial charge in [-0.1, -0.05) is 26.2 Å². The zero-order chi connectivity index (χ0) is 9.40. The Kier molecular flexibility index (Phi) is 6.82. The van der Waals surface area contributed by atoms with Crippen LogP contribution < -0.4 is 0 Å². The molecule has 0 rings (SSSR count). The van der Waals surface area contributed by atoms with Gasteiger partial charge in [0.2, 0.25) is 5.91 Å². The molecule has 0 aliphatic carbocycles. The normalized spacial score (nSPS) is 9.92. The quantitative estimate of drug-likeness (QED) is 0.562. The van der Waals surface area contributed by atoms with E-state index in [1.165, 1.54) is 19.3 Å². The highest BCUT2D eigenvalue weighted by Gasteiger charge is 2.04. The number of nitrogens with zero attached hydrogens (tertiary/aromatic N) is 1. The number of unbranched alkanes of at least 4 members (excludes halogenated alkanes) is 3. The Morgan fingerprint density at radius 1 is 1.17 bits per heavy atom. The number of carbonyl (C=O) groups excluding carboxylic acids is 1. The van der Waals surface area contributed by atoms with Crippen LogP contribution in [0, 0.1) is 0 Å². The van der Waals surface area contributed by atoms with Crippen molar-refractivity contribution in [1.82, 2.24) is 4.90 Å². The van der Waals surface area contributed by atoms with Gasteiger partial charge in [-0.3, -0.25) is 4.79 Å². The van der Waals surface area contributed by atoms with E-state index in [9.17, 15) is 4.79 Å². The molecule has 0 aromatic heterocycles. The number of rotatable bonds is 6. The average Bonchev–Trinajstić information content (AvgIpc) is 2.10. The minimum atomic E-state index is 0.286. The monoisotopic (exact) mass is 171 g/mol. The molecule has 0 saturated carbocycles. The molecule has 72 valence electrons. The average molecular weight is 171 g/mol. The van der Waals surface area contributed by atoms with Crippen molar-refractivity contribution in [1.29, 1.82) is 0 Å². The highest BCUT2D eigenvalue weighted by Crippen LogP contribution is 2.03. The standard InChI is InChI=1S/C10H21NO/c1-4-6-7-8-9-10(12)11(3)5-2/h4-9H2,1-3H3. The second-order valence-corrected chi connectivity index (χ2v) is 3.22. The molecule has 0 aromatic rings. The van der Waals surface area contributed by atoms with Gasteiger partial charge >= 0.3 is 0 Å². The Morgan fingerprint density at radius 2 is 1.83 bits per heavy atom. The van der Waals surface area contributed by atoms with Crippen LogP contribution in [0.5, 0.6) is 0 Å². The van der Waals surface area contributed by atoms with Crippen LogP contribution in [0.3, 0.4) is 0 Å². The highest BCUT2D eigenvalue weighted by molar-refractivity contribution is 5.75. The minimum Gasteiger partial charge on any atom is -0.346 e. The number of hydrogen-bond donors (Lipinski definition) is 0. The summed E-state index contributed by atoms with van der Waals surface area (Å²) in [5, 5.41) is 0. The Balaban J connectivity index is 3.31. The fourth-order valence-corrected chi connectivity index (χ4v) is 1.07. The Hall–Kier alpha value is -0.530. The molecule has 0 radical (unpaired) electrons. The summed E-state index contributed by atoms with van der Waals surface area (Å²) in [6.45, 7) is 5.01. The van der Waals surface area contributed by atoms with Gasteiger partial charge in [-0.25, -0.2) is 0 Å². The van der Waals surface area contributed by atoms with E-state index in [2.05, 4.69) is 6.92 Å². The zero-order valence-electron chi connectivity index (χ0n) is 8.60. The first-order valence-electron chi connectivity index (χ1n) is 4.96. The van der Waals surface area contributed by atoms with E-state index in [-0.39, 0.29) is 5.91 Å². The molecule has 0 atom stereocenters. The molecule has 0 heterocycles. The lowest BCUT2D eigenvalue weighted by Gasteiger charge is -2.13. The SMILES string of the molecule is CCCCCCC(=O)N(C)CC. The third-order valence-electron chi connectivity index (χ3n) is 2.14. The van der Waals surface area contributed by atoms with Crippen LogP contribution in [0.2, 0.25) is 0 Å². The van der Waals surface area contributed by atoms with Gasteiger partial charge in [0.1, 0.15) is 0 Å². The summed E-state index contributed by atoms with van der Waals surface area (Å²) in [4.78, 5) is 13.0. The summed E-state index contributed by atoms with van der Waals surface area (Å²) < 4.78 is 0. The lowest BCUT2D eigenvalue weighted by molar-refractivity contribution is -0.129. The predicted molar refractivity (Wildman–Crippen MR) is 52.1 cm³/mol. The van der Waals surface area contributed by atoms with E-state index < -0.39 is 0 Å². The molecule has 2 heteroatoms. The van der Waals surface area contributed by atoms with Crippen molar-refractivity contribution in [2.45, 2.75) is 46.0 Å². The smallest absolute Gasteiger partial charge is 0.222 e. The first kappa shape index (κ1) is 11.5. The van der Waals surface area contributed by atoms with Crippen LogP contribution in [0.4, 0.5) is 0 Å². The molecule has 0 N–H and O–H groups in total. The maximum absolute atomic E-state index is 11.3. The van der Waals surface area contributed by atoms with Crippen molar-refractivity contribution in [2.75, 3.05) is 13.6 Å². The number of hydrogen-bond acceptors (Lipinski definition) is 1. The summed E-state index contributed by atoms with van der Waals surface area (Å²) >= 11 is 0. The summed E-state index contributed by atoms with van der Waals surface area (Å²) in [5.74, 6) is 0.286. The van der Waals surface area contributed by atoms with Gasteiger partial charge in [-0.05, 0) is 13.3 Å². The van der Waals surface area contributed by atoms with Gasteiger partial charge in [-0.15, -0.1) is 0 Å². The van der Waals surface area contributed by atoms with E-state index in [0.717, 1.165) is 19.4 Å². The zero-order valence-corrected chi connectivity index (χ0v) is 8.60. The van der Waals surface area contributed by atoms with E-state index in [4.69, 9.17) is 0 Å². The third-order valence-corrected chi connectivity index (χ3v) is 2.14. The van der Waals surface area contributed by atoms with Crippen LogP contribution in [-0.2, 0) is 4.79 Å². The molecule has 0 aliphatic heterocycles. The lowest BCUT2D eigenvalue weighted by atomic mass is 10.1. The summed E-state index contributed by atoms with van der Waals surface area (Å²) in [7, 11) is 1.86. The van der Waals surface area contributed by atoms with Crippen LogP contribution in [-0.4, -0.2) is 24.4 Å². The van der Waals surface area contributed by atoms with Crippen LogP contribution in [0.25, 0.3) is 0 Å². The van der Waals surface area contributed by atoms with Crippen LogP contribution in [0.15, 0.2) is 0 Å². The number of amides is 1. The fourth-order valence-electron chi connectivity index (χ4n) is 1.07. The first-order valence-corrected chi connectivity index (χ1v) is 4.96. The molecule has 2 nitrogen and oxygen atoms in total. The molecule has 0 fully saturated rings. The van der Waals surface area contributed by atoms with Crippen molar-refractivity contribution in [3.63, 3.8) is 0 Å². The second-order valence-electron chi connectivity index (χ2n) is 3.22. The Morgan fingerprint density at radius 3 is 2.33 bits per heavy atom. The van der Waals surface area contributed by atoms with Gasteiger partial charge in [-0.2, -0.15) is 0 Å². The van der Waals surface area contributed by atoms with Crippen molar-refractivity contribution in [2.24, 2.45) is 0 Å². The van der Waals surface area contributed by atoms with E-state index in [1.807, 2.05) is 14.0 Å². The van der Waals surface area contributed by atoms with Crippen LogP contribution >= 0.6 is 0 Å². The molecule has 0 saturated heterocycles. The molecule has 0 aliphatic rings. The largest absolute Gasteiger partial charge is 0.346 e. The summed E-state index contributed by atoms with van der Waals surface area (Å²) in [6, 6.07) is 0. The minimum absolute atomic E-state index is 0.286. The van der Waals surface area contributed by atoms with Gasteiger partial charge in [0, 0.05) is 20.0 Å². The molecule has 0 bridgehead atoms. The molecule has 0 aromatic carbocycles. The molecule has 12 heavy (non-hydrogen) atoms. The molecular formula is C10H21NO.